The van der Waals surface area contributed by atoms with Gasteiger partial charge in [-0.3, -0.25) is 19.3 Å². The monoisotopic (exact) mass is 936 g/mol. The molecular formula is C56H69N5O6Si. The van der Waals surface area contributed by atoms with Crippen molar-refractivity contribution in [3.63, 3.8) is 0 Å². The van der Waals surface area contributed by atoms with E-state index in [1.54, 1.807) is 7.11 Å². The molecule has 0 aromatic heterocycles. The van der Waals surface area contributed by atoms with Crippen molar-refractivity contribution in [3.05, 3.63) is 137 Å². The zero-order valence-electron chi connectivity index (χ0n) is 41.0. The first kappa shape index (κ1) is 47.5. The number of amides is 3. The number of nitrogens with one attached hydrogen (secondary N) is 1. The van der Waals surface area contributed by atoms with Crippen LogP contribution in [-0.4, -0.2) is 93.5 Å². The third-order valence-corrected chi connectivity index (χ3v) is 20.4. The Morgan fingerprint density at radius 2 is 1.60 bits per heavy atom. The quantitative estimate of drug-likeness (QED) is 0.102. The van der Waals surface area contributed by atoms with Gasteiger partial charge < -0.3 is 34.6 Å². The van der Waals surface area contributed by atoms with Crippen LogP contribution < -0.4 is 29.9 Å². The number of para-hydroxylation sites is 1. The normalized spacial score (nSPS) is 24.5. The van der Waals surface area contributed by atoms with Gasteiger partial charge in [-0.2, -0.15) is 0 Å². The number of carbonyl (C=O) groups is 3. The maximum absolute atomic E-state index is 15.9. The first-order valence-corrected chi connectivity index (χ1v) is 27.7. The molecule has 4 aromatic rings. The Morgan fingerprint density at radius 3 is 2.29 bits per heavy atom. The lowest BCUT2D eigenvalue weighted by atomic mass is 9.82. The second kappa shape index (κ2) is 19.1. The summed E-state index contributed by atoms with van der Waals surface area (Å²) in [4.78, 5) is 53.8. The minimum absolute atomic E-state index is 0.0564. The largest absolute Gasteiger partial charge is 0.497 e. The number of benzene rings is 4. The van der Waals surface area contributed by atoms with E-state index in [2.05, 4.69) is 106 Å². The van der Waals surface area contributed by atoms with Crippen LogP contribution in [0, 0.1) is 5.92 Å². The molecule has 5 aliphatic heterocycles. The number of hydrogen-bond donors (Lipinski definition) is 2. The molecule has 4 aromatic carbocycles. The standard InChI is InChI=1S/C56H69N5O6Si/c1-38(2)14-13-15-39(3)26-31-58-49-25-20-44(60-37-61(43-18-9-8-10-19-43)55(53(60)64)27-29-57-30-28-55)33-48(49)56(54(58)65)40(4)52(68(6,7)47-23-21-46(66-5)22-24-47)50(67-56)34-51(63)59-35-42-17-12-11-16-41(42)32-45(59)36-62/h8-12,14,16-26,33,40,45,50,52,57,62H,13,15,27-32,34-37H2,1-7H3/b39-26+/t40-,45-,50+,52-,56+/m0/s1. The van der Waals surface area contributed by atoms with Gasteiger partial charge in [-0.05, 0) is 125 Å². The minimum Gasteiger partial charge on any atom is -0.497 e. The van der Waals surface area contributed by atoms with Gasteiger partial charge in [0.1, 0.15) is 11.3 Å². The summed E-state index contributed by atoms with van der Waals surface area (Å²) in [5.41, 5.74) is 5.60. The fourth-order valence-corrected chi connectivity index (χ4v) is 16.3. The summed E-state index contributed by atoms with van der Waals surface area (Å²) in [5.74, 6) is 0.223. The van der Waals surface area contributed by atoms with Crippen LogP contribution in [0.15, 0.2) is 120 Å². The number of hydrogen-bond acceptors (Lipinski definition) is 8. The lowest BCUT2D eigenvalue weighted by molar-refractivity contribution is -0.150. The van der Waals surface area contributed by atoms with Gasteiger partial charge in [-0.25, -0.2) is 0 Å². The number of anilines is 3. The summed E-state index contributed by atoms with van der Waals surface area (Å²) >= 11 is 0. The summed E-state index contributed by atoms with van der Waals surface area (Å²) in [5, 5.41) is 15.3. The number of nitrogens with zero attached hydrogens (tertiary/aromatic N) is 4. The molecule has 12 heteroatoms. The van der Waals surface area contributed by atoms with Crippen LogP contribution in [0.4, 0.5) is 17.1 Å². The number of aliphatic hydroxyl groups excluding tert-OH is 1. The fraction of sp³-hybridized carbons (Fsp3) is 0.446. The molecule has 0 unspecified atom stereocenters. The van der Waals surface area contributed by atoms with Crippen LogP contribution in [0.3, 0.4) is 0 Å². The summed E-state index contributed by atoms with van der Waals surface area (Å²) in [7, 11) is -0.959. The van der Waals surface area contributed by atoms with Crippen molar-refractivity contribution in [3.8, 4) is 5.75 Å². The van der Waals surface area contributed by atoms with Crippen LogP contribution in [0.5, 0.6) is 5.75 Å². The van der Waals surface area contributed by atoms with Crippen LogP contribution in [0.1, 0.15) is 76.5 Å². The Hall–Kier alpha value is -5.53. The number of methoxy groups -OCH3 is 1. The SMILES string of the molecule is COc1ccc([Si](C)(C)[C@@H]2[C@@H](CC(=O)N3Cc4ccccc4C[C@H]3CO)O[C@]3(C(=O)N(C/C=C(\C)CCC=C(C)C)c4ccc(N5CN(c6ccccc6)C6(CCNCC6)C5=O)cc43)[C@H]2C)cc1. The predicted octanol–water partition coefficient (Wildman–Crippen LogP) is 8.22. The molecule has 358 valence electrons. The van der Waals surface area contributed by atoms with E-state index in [1.165, 1.54) is 16.3 Å². The highest BCUT2D eigenvalue weighted by atomic mass is 28.3. The molecule has 11 nitrogen and oxygen atoms in total. The number of aliphatic hydroxyl groups is 1. The van der Waals surface area contributed by atoms with E-state index < -0.39 is 25.3 Å². The maximum Gasteiger partial charge on any atom is 0.264 e. The number of rotatable bonds is 13. The highest BCUT2D eigenvalue weighted by Crippen LogP contribution is 2.61. The van der Waals surface area contributed by atoms with Gasteiger partial charge in [0, 0.05) is 35.9 Å². The van der Waals surface area contributed by atoms with E-state index in [9.17, 15) is 9.90 Å². The molecule has 3 amide bonds. The molecule has 3 saturated heterocycles. The molecule has 5 aliphatic rings. The van der Waals surface area contributed by atoms with Crippen molar-refractivity contribution >= 4 is 48.0 Å². The molecule has 5 heterocycles. The molecule has 9 rings (SSSR count). The second-order valence-corrected chi connectivity index (χ2v) is 25.3. The van der Waals surface area contributed by atoms with Gasteiger partial charge in [0.15, 0.2) is 5.60 Å². The summed E-state index contributed by atoms with van der Waals surface area (Å²) in [6, 6.07) is 32.3. The second-order valence-electron chi connectivity index (χ2n) is 20.6. The first-order valence-electron chi connectivity index (χ1n) is 24.6. The molecule has 0 saturated carbocycles. The van der Waals surface area contributed by atoms with Gasteiger partial charge in [-0.1, -0.05) is 103 Å². The smallest absolute Gasteiger partial charge is 0.264 e. The lowest BCUT2D eigenvalue weighted by Gasteiger charge is -2.39. The van der Waals surface area contributed by atoms with Crippen LogP contribution in [0.25, 0.3) is 0 Å². The Balaban J connectivity index is 1.15. The summed E-state index contributed by atoms with van der Waals surface area (Å²) in [6.45, 7) is 15.6. The molecular weight excluding hydrogens is 867 g/mol. The zero-order chi connectivity index (χ0) is 48.0. The number of ether oxygens (including phenoxy) is 2. The van der Waals surface area contributed by atoms with Gasteiger partial charge >= 0.3 is 0 Å². The average Bonchev–Trinajstić information content (AvgIpc) is 3.89. The van der Waals surface area contributed by atoms with Gasteiger partial charge in [0.25, 0.3) is 11.8 Å². The topological polar surface area (TPSA) is 115 Å². The third kappa shape index (κ3) is 8.30. The number of allylic oxidation sites excluding steroid dienone is 3. The van der Waals surface area contributed by atoms with Crippen molar-refractivity contribution in [2.45, 2.75) is 115 Å². The Kier molecular flexibility index (Phi) is 13.4. The highest BCUT2D eigenvalue weighted by Gasteiger charge is 2.67. The minimum atomic E-state index is -2.62. The number of carbonyl (C=O) groups excluding carboxylic acids is 3. The lowest BCUT2D eigenvalue weighted by Crippen LogP contribution is -2.55. The number of fused-ring (bicyclic) bond motifs is 3. The predicted molar refractivity (Wildman–Crippen MR) is 273 cm³/mol. The van der Waals surface area contributed by atoms with Gasteiger partial charge in [0.2, 0.25) is 5.91 Å². The highest BCUT2D eigenvalue weighted by molar-refractivity contribution is 6.91. The van der Waals surface area contributed by atoms with Crippen molar-refractivity contribution in [2.24, 2.45) is 5.92 Å². The van der Waals surface area contributed by atoms with Crippen LogP contribution >= 0.6 is 0 Å². The van der Waals surface area contributed by atoms with Crippen molar-refractivity contribution in [2.75, 3.05) is 54.7 Å². The van der Waals surface area contributed by atoms with Gasteiger partial charge in [0.05, 0.1) is 52.7 Å². The molecule has 0 radical (unpaired) electrons. The maximum atomic E-state index is 15.9. The fourth-order valence-electron chi connectivity index (χ4n) is 12.3. The molecule has 68 heavy (non-hydrogen) atoms. The van der Waals surface area contributed by atoms with E-state index in [4.69, 9.17) is 9.47 Å². The molecule has 2 N–H and O–H groups in total. The van der Waals surface area contributed by atoms with E-state index in [1.807, 2.05) is 69.3 Å². The molecule has 2 spiro atoms. The zero-order valence-corrected chi connectivity index (χ0v) is 42.0. The van der Waals surface area contributed by atoms with Crippen molar-refractivity contribution < 1.29 is 29.0 Å². The summed E-state index contributed by atoms with van der Waals surface area (Å²) < 4.78 is 13.1. The molecule has 5 atom stereocenters. The van der Waals surface area contributed by atoms with Crippen molar-refractivity contribution in [1.82, 2.24) is 10.2 Å². The van der Waals surface area contributed by atoms with E-state index >= 15 is 9.59 Å². The molecule has 3 fully saturated rings. The van der Waals surface area contributed by atoms with Crippen molar-refractivity contribution in [1.29, 1.82) is 0 Å². The van der Waals surface area contributed by atoms with Gasteiger partial charge in [-0.15, -0.1) is 0 Å². The Bertz CT molecular complexity index is 2590. The van der Waals surface area contributed by atoms with Crippen LogP contribution in [0.2, 0.25) is 18.6 Å². The van der Waals surface area contributed by atoms with Crippen LogP contribution in [-0.2, 0) is 37.7 Å². The number of piperidine rings is 1. The van der Waals surface area contributed by atoms with E-state index in [0.717, 1.165) is 65.4 Å². The Morgan fingerprint density at radius 1 is 0.897 bits per heavy atom. The summed E-state index contributed by atoms with van der Waals surface area (Å²) in [6.07, 6.45) is 7.57. The first-order chi connectivity index (χ1) is 32.7. The van der Waals surface area contributed by atoms with E-state index in [0.29, 0.717) is 39.0 Å². The Labute approximate surface area is 403 Å². The van der Waals surface area contributed by atoms with E-state index in [-0.39, 0.29) is 48.3 Å². The molecule has 0 aliphatic carbocycles. The molecule has 0 bridgehead atoms. The third-order valence-electron chi connectivity index (χ3n) is 16.0. The average molecular weight is 936 g/mol.